The molecular formula is C14H20N2O. The Hall–Kier alpha value is -1.09. The average molecular weight is 232 g/mol. The standard InChI is InChI=1S/C14H20N2O/c17-14-7-6-11-12(2-1-3-13(11)16-14)15-9-8-10-4-5-10/h6-7,10,12,15H,1-5,8-9H2,(H,16,17). The maximum absolute atomic E-state index is 11.3. The van der Waals surface area contributed by atoms with Gasteiger partial charge in [0.05, 0.1) is 0 Å². The van der Waals surface area contributed by atoms with Crippen molar-refractivity contribution in [3.05, 3.63) is 33.7 Å². The second-order valence-corrected chi connectivity index (χ2v) is 5.39. The quantitative estimate of drug-likeness (QED) is 0.835. The van der Waals surface area contributed by atoms with Crippen molar-refractivity contribution in [3.63, 3.8) is 0 Å². The third-order valence-corrected chi connectivity index (χ3v) is 3.97. The third-order valence-electron chi connectivity index (χ3n) is 3.97. The predicted molar refractivity (Wildman–Crippen MR) is 68.1 cm³/mol. The number of hydrogen-bond donors (Lipinski definition) is 2. The highest BCUT2D eigenvalue weighted by atomic mass is 16.1. The van der Waals surface area contributed by atoms with E-state index in [2.05, 4.69) is 10.3 Å². The van der Waals surface area contributed by atoms with E-state index in [4.69, 9.17) is 0 Å². The van der Waals surface area contributed by atoms with Crippen LogP contribution in [0.1, 0.15) is 49.4 Å². The number of hydrogen-bond acceptors (Lipinski definition) is 2. The minimum Gasteiger partial charge on any atom is -0.326 e. The SMILES string of the molecule is O=c1ccc2c([nH]1)CCCC2NCCC1CC1. The summed E-state index contributed by atoms with van der Waals surface area (Å²) in [4.78, 5) is 14.3. The molecule has 0 saturated heterocycles. The van der Waals surface area contributed by atoms with E-state index in [1.165, 1.54) is 37.7 Å². The first-order chi connectivity index (χ1) is 8.33. The van der Waals surface area contributed by atoms with E-state index in [0.29, 0.717) is 6.04 Å². The second-order valence-electron chi connectivity index (χ2n) is 5.39. The second kappa shape index (κ2) is 4.65. The normalized spacial score (nSPS) is 23.4. The van der Waals surface area contributed by atoms with E-state index in [1.807, 2.05) is 6.07 Å². The molecule has 1 unspecified atom stereocenters. The molecule has 0 radical (unpaired) electrons. The van der Waals surface area contributed by atoms with E-state index in [1.54, 1.807) is 6.07 Å². The van der Waals surface area contributed by atoms with Crippen LogP contribution in [-0.2, 0) is 6.42 Å². The molecule has 0 amide bonds. The van der Waals surface area contributed by atoms with Crippen LogP contribution in [0.2, 0.25) is 0 Å². The molecule has 1 aromatic rings. The lowest BCUT2D eigenvalue weighted by Crippen LogP contribution is -2.28. The van der Waals surface area contributed by atoms with Crippen molar-refractivity contribution in [3.8, 4) is 0 Å². The van der Waals surface area contributed by atoms with Crippen molar-refractivity contribution in [2.75, 3.05) is 6.54 Å². The fourth-order valence-electron chi connectivity index (χ4n) is 2.78. The summed E-state index contributed by atoms with van der Waals surface area (Å²) in [7, 11) is 0. The number of H-pyrrole nitrogens is 1. The van der Waals surface area contributed by atoms with Gasteiger partial charge in [-0.1, -0.05) is 18.9 Å². The van der Waals surface area contributed by atoms with Gasteiger partial charge in [0.15, 0.2) is 0 Å². The summed E-state index contributed by atoms with van der Waals surface area (Å²) in [6.45, 7) is 1.12. The van der Waals surface area contributed by atoms with Gasteiger partial charge in [-0.05, 0) is 43.7 Å². The summed E-state index contributed by atoms with van der Waals surface area (Å²) in [6, 6.07) is 4.11. The number of aromatic amines is 1. The number of pyridine rings is 1. The van der Waals surface area contributed by atoms with Crippen LogP contribution < -0.4 is 10.9 Å². The fourth-order valence-corrected chi connectivity index (χ4v) is 2.78. The first-order valence-electron chi connectivity index (χ1n) is 6.78. The molecule has 92 valence electrons. The largest absolute Gasteiger partial charge is 0.326 e. The Kier molecular flexibility index (Phi) is 3.02. The van der Waals surface area contributed by atoms with Crippen LogP contribution in [0.25, 0.3) is 0 Å². The molecule has 0 aromatic carbocycles. The molecule has 3 heteroatoms. The zero-order valence-corrected chi connectivity index (χ0v) is 10.2. The van der Waals surface area contributed by atoms with Crippen molar-refractivity contribution in [2.24, 2.45) is 5.92 Å². The lowest BCUT2D eigenvalue weighted by atomic mass is 9.91. The van der Waals surface area contributed by atoms with E-state index in [0.717, 1.165) is 24.6 Å². The van der Waals surface area contributed by atoms with E-state index in [-0.39, 0.29) is 5.56 Å². The molecule has 1 heterocycles. The zero-order chi connectivity index (χ0) is 11.7. The summed E-state index contributed by atoms with van der Waals surface area (Å²) < 4.78 is 0. The number of rotatable bonds is 4. The van der Waals surface area contributed by atoms with E-state index < -0.39 is 0 Å². The van der Waals surface area contributed by atoms with Gasteiger partial charge in [0.2, 0.25) is 5.56 Å². The predicted octanol–water partition coefficient (Wildman–Crippen LogP) is 2.14. The topological polar surface area (TPSA) is 44.9 Å². The maximum Gasteiger partial charge on any atom is 0.248 e. The molecule has 2 aliphatic rings. The van der Waals surface area contributed by atoms with Crippen molar-refractivity contribution < 1.29 is 0 Å². The van der Waals surface area contributed by atoms with Gasteiger partial charge in [0.1, 0.15) is 0 Å². The number of aryl methyl sites for hydroxylation is 1. The molecule has 1 aromatic heterocycles. The van der Waals surface area contributed by atoms with Crippen molar-refractivity contribution >= 4 is 0 Å². The first-order valence-corrected chi connectivity index (χ1v) is 6.78. The smallest absolute Gasteiger partial charge is 0.248 e. The van der Waals surface area contributed by atoms with Gasteiger partial charge in [-0.3, -0.25) is 4.79 Å². The Morgan fingerprint density at radius 1 is 1.29 bits per heavy atom. The molecule has 0 bridgehead atoms. The van der Waals surface area contributed by atoms with Crippen molar-refractivity contribution in [1.82, 2.24) is 10.3 Å². The highest BCUT2D eigenvalue weighted by molar-refractivity contribution is 5.26. The molecule has 1 atom stereocenters. The van der Waals surface area contributed by atoms with Crippen LogP contribution in [0.5, 0.6) is 0 Å². The monoisotopic (exact) mass is 232 g/mol. The van der Waals surface area contributed by atoms with Gasteiger partial charge >= 0.3 is 0 Å². The molecule has 1 saturated carbocycles. The molecule has 0 aliphatic heterocycles. The summed E-state index contributed by atoms with van der Waals surface area (Å²) >= 11 is 0. The molecule has 0 spiro atoms. The van der Waals surface area contributed by atoms with Gasteiger partial charge in [-0.2, -0.15) is 0 Å². The lowest BCUT2D eigenvalue weighted by molar-refractivity contribution is 0.444. The van der Waals surface area contributed by atoms with Crippen LogP contribution in [0.4, 0.5) is 0 Å². The lowest BCUT2D eigenvalue weighted by Gasteiger charge is -2.26. The van der Waals surface area contributed by atoms with Crippen molar-refractivity contribution in [1.29, 1.82) is 0 Å². The molecule has 3 nitrogen and oxygen atoms in total. The summed E-state index contributed by atoms with van der Waals surface area (Å²) in [5, 5.41) is 3.65. The van der Waals surface area contributed by atoms with Gasteiger partial charge < -0.3 is 10.3 Å². The molecule has 3 rings (SSSR count). The van der Waals surface area contributed by atoms with E-state index in [9.17, 15) is 4.79 Å². The number of nitrogens with one attached hydrogen (secondary N) is 2. The van der Waals surface area contributed by atoms with Crippen LogP contribution in [-0.4, -0.2) is 11.5 Å². The maximum atomic E-state index is 11.3. The minimum atomic E-state index is 0.0300. The van der Waals surface area contributed by atoms with Crippen LogP contribution in [0.15, 0.2) is 16.9 Å². The molecule has 1 fully saturated rings. The molecule has 2 N–H and O–H groups in total. The first kappa shape index (κ1) is 11.0. The Balaban J connectivity index is 1.67. The number of aromatic nitrogens is 1. The zero-order valence-electron chi connectivity index (χ0n) is 10.2. The van der Waals surface area contributed by atoms with Crippen LogP contribution >= 0.6 is 0 Å². The third kappa shape index (κ3) is 2.60. The molecule has 17 heavy (non-hydrogen) atoms. The van der Waals surface area contributed by atoms with Gasteiger partial charge in [0.25, 0.3) is 0 Å². The summed E-state index contributed by atoms with van der Waals surface area (Å²) in [5.74, 6) is 0.987. The van der Waals surface area contributed by atoms with Crippen molar-refractivity contribution in [2.45, 2.75) is 44.6 Å². The highest BCUT2D eigenvalue weighted by Crippen LogP contribution is 2.32. The van der Waals surface area contributed by atoms with Gasteiger partial charge in [-0.15, -0.1) is 0 Å². The van der Waals surface area contributed by atoms with Gasteiger partial charge in [0, 0.05) is 17.8 Å². The molecular weight excluding hydrogens is 212 g/mol. The average Bonchev–Trinajstić information content (AvgIpc) is 3.13. The Morgan fingerprint density at radius 2 is 2.18 bits per heavy atom. The van der Waals surface area contributed by atoms with Crippen LogP contribution in [0.3, 0.4) is 0 Å². The Bertz CT molecular complexity index is 448. The van der Waals surface area contributed by atoms with E-state index >= 15 is 0 Å². The summed E-state index contributed by atoms with van der Waals surface area (Å²) in [5.41, 5.74) is 2.49. The summed E-state index contributed by atoms with van der Waals surface area (Å²) in [6.07, 6.45) is 7.56. The minimum absolute atomic E-state index is 0.0300. The highest BCUT2D eigenvalue weighted by Gasteiger charge is 2.23. The van der Waals surface area contributed by atoms with Gasteiger partial charge in [-0.25, -0.2) is 0 Å². The Morgan fingerprint density at radius 3 is 3.00 bits per heavy atom. The number of fused-ring (bicyclic) bond motifs is 1. The molecule has 2 aliphatic carbocycles. The fraction of sp³-hybridized carbons (Fsp3) is 0.643. The van der Waals surface area contributed by atoms with Crippen LogP contribution in [0, 0.1) is 5.92 Å². The Labute approximate surface area is 102 Å².